The van der Waals surface area contributed by atoms with Crippen LogP contribution in [-0.4, -0.2) is 64.6 Å². The van der Waals surface area contributed by atoms with E-state index in [0.29, 0.717) is 25.3 Å². The molecule has 0 aliphatic carbocycles. The second-order valence-electron chi connectivity index (χ2n) is 6.94. The maximum Gasteiger partial charge on any atom is 0.321 e. The predicted molar refractivity (Wildman–Crippen MR) is 113 cm³/mol. The summed E-state index contributed by atoms with van der Waals surface area (Å²) in [7, 11) is -0.483. The van der Waals surface area contributed by atoms with Crippen molar-refractivity contribution in [3.05, 3.63) is 48.0 Å². The first-order valence-corrected chi connectivity index (χ1v) is 11.0. The zero-order valence-corrected chi connectivity index (χ0v) is 17.8. The highest BCUT2D eigenvalue weighted by Crippen LogP contribution is 2.25. The van der Waals surface area contributed by atoms with Gasteiger partial charge < -0.3 is 19.7 Å². The lowest BCUT2D eigenvalue weighted by molar-refractivity contribution is 0.142. The smallest absolute Gasteiger partial charge is 0.321 e. The molecular formula is C20H26N4O5S. The Labute approximate surface area is 176 Å². The lowest BCUT2D eigenvalue weighted by atomic mass is 10.1. The largest absolute Gasteiger partial charge is 0.497 e. The number of primary sulfonamides is 1. The van der Waals surface area contributed by atoms with Crippen molar-refractivity contribution < 1.29 is 22.7 Å². The Morgan fingerprint density at radius 1 is 1.03 bits per heavy atom. The van der Waals surface area contributed by atoms with Crippen LogP contribution in [0, 0.1) is 0 Å². The summed E-state index contributed by atoms with van der Waals surface area (Å²) in [6.45, 7) is 3.29. The molecule has 1 saturated heterocycles. The maximum absolute atomic E-state index is 12.5. The summed E-state index contributed by atoms with van der Waals surface area (Å²) in [6.07, 6.45) is 0. The minimum Gasteiger partial charge on any atom is -0.497 e. The van der Waals surface area contributed by atoms with Gasteiger partial charge in [-0.1, -0.05) is 0 Å². The number of hydrogen-bond acceptors (Lipinski definition) is 6. The molecule has 0 aromatic heterocycles. The van der Waals surface area contributed by atoms with Gasteiger partial charge in [-0.25, -0.2) is 18.4 Å². The summed E-state index contributed by atoms with van der Waals surface area (Å²) in [5.41, 5.74) is 1.54. The quantitative estimate of drug-likeness (QED) is 0.715. The lowest BCUT2D eigenvalue weighted by Gasteiger charge is -2.35. The Hall–Kier alpha value is -2.82. The van der Waals surface area contributed by atoms with E-state index in [2.05, 4.69) is 10.2 Å². The van der Waals surface area contributed by atoms with E-state index >= 15 is 0 Å². The van der Waals surface area contributed by atoms with Crippen LogP contribution in [0.4, 0.5) is 10.5 Å². The Bertz CT molecular complexity index is 987. The topological polar surface area (TPSA) is 114 Å². The summed E-state index contributed by atoms with van der Waals surface area (Å²) in [5.74, 6) is 1.58. The van der Waals surface area contributed by atoms with Crippen LogP contribution in [0.2, 0.25) is 0 Å². The van der Waals surface area contributed by atoms with Crippen molar-refractivity contribution in [3.63, 3.8) is 0 Å². The summed E-state index contributed by atoms with van der Waals surface area (Å²) in [4.78, 5) is 16.5. The molecule has 1 aliphatic heterocycles. The van der Waals surface area contributed by atoms with E-state index < -0.39 is 10.0 Å². The number of amides is 2. The number of urea groups is 1. The molecule has 2 aromatic rings. The van der Waals surface area contributed by atoms with Crippen molar-refractivity contribution in [2.75, 3.05) is 45.7 Å². The number of nitrogens with two attached hydrogens (primary N) is 1. The standard InChI is InChI=1S/C20H26N4O5S/c1-28-17-5-8-19(29-2)15(13-17)14-23-9-11-24(12-10-23)20(25)22-16-3-6-18(7-4-16)30(21,26)27/h3-8,13H,9-12,14H2,1-2H3,(H,22,25)(H2,21,26,27). The van der Waals surface area contributed by atoms with Crippen molar-refractivity contribution in [1.82, 2.24) is 9.80 Å². The number of anilines is 1. The Morgan fingerprint density at radius 2 is 1.70 bits per heavy atom. The van der Waals surface area contributed by atoms with Crippen molar-refractivity contribution in [1.29, 1.82) is 0 Å². The van der Waals surface area contributed by atoms with Crippen molar-refractivity contribution in [2.24, 2.45) is 5.14 Å². The minimum absolute atomic E-state index is 0.00193. The third-order valence-electron chi connectivity index (χ3n) is 4.98. The fraction of sp³-hybridized carbons (Fsp3) is 0.350. The molecular weight excluding hydrogens is 408 g/mol. The van der Waals surface area contributed by atoms with Gasteiger partial charge in [-0.05, 0) is 42.5 Å². The number of methoxy groups -OCH3 is 2. The molecule has 9 nitrogen and oxygen atoms in total. The Kier molecular flexibility index (Phi) is 6.80. The van der Waals surface area contributed by atoms with Crippen LogP contribution in [0.15, 0.2) is 47.4 Å². The average Bonchev–Trinajstić information content (AvgIpc) is 2.74. The van der Waals surface area contributed by atoms with Gasteiger partial charge in [0.25, 0.3) is 0 Å². The zero-order chi connectivity index (χ0) is 21.7. The van der Waals surface area contributed by atoms with E-state index in [1.165, 1.54) is 24.3 Å². The molecule has 0 atom stereocenters. The molecule has 0 spiro atoms. The van der Waals surface area contributed by atoms with Gasteiger partial charge in [-0.15, -0.1) is 0 Å². The first-order valence-electron chi connectivity index (χ1n) is 9.42. The second-order valence-corrected chi connectivity index (χ2v) is 8.50. The second kappa shape index (κ2) is 9.33. The van der Waals surface area contributed by atoms with Crippen LogP contribution in [0.25, 0.3) is 0 Å². The van der Waals surface area contributed by atoms with Gasteiger partial charge in [-0.2, -0.15) is 0 Å². The fourth-order valence-corrected chi connectivity index (χ4v) is 3.80. The normalized spacial score (nSPS) is 15.0. The van der Waals surface area contributed by atoms with Crippen LogP contribution >= 0.6 is 0 Å². The highest BCUT2D eigenvalue weighted by molar-refractivity contribution is 7.89. The van der Waals surface area contributed by atoms with E-state index in [-0.39, 0.29) is 10.9 Å². The monoisotopic (exact) mass is 434 g/mol. The van der Waals surface area contributed by atoms with Crippen molar-refractivity contribution in [2.45, 2.75) is 11.4 Å². The van der Waals surface area contributed by atoms with E-state index in [1.807, 2.05) is 18.2 Å². The molecule has 162 valence electrons. The first-order chi connectivity index (χ1) is 14.3. The average molecular weight is 435 g/mol. The minimum atomic E-state index is -3.76. The van der Waals surface area contributed by atoms with Gasteiger partial charge in [0.05, 0.1) is 19.1 Å². The van der Waals surface area contributed by atoms with E-state index in [9.17, 15) is 13.2 Å². The highest BCUT2D eigenvalue weighted by atomic mass is 32.2. The zero-order valence-electron chi connectivity index (χ0n) is 17.0. The number of hydrogen-bond donors (Lipinski definition) is 2. The van der Waals surface area contributed by atoms with E-state index in [4.69, 9.17) is 14.6 Å². The summed E-state index contributed by atoms with van der Waals surface area (Å²) >= 11 is 0. The van der Waals surface area contributed by atoms with Gasteiger partial charge in [0.2, 0.25) is 10.0 Å². The molecule has 1 heterocycles. The summed E-state index contributed by atoms with van der Waals surface area (Å²) in [6, 6.07) is 11.3. The Morgan fingerprint density at radius 3 is 2.27 bits per heavy atom. The Balaban J connectivity index is 1.54. The summed E-state index contributed by atoms with van der Waals surface area (Å²) < 4.78 is 33.4. The summed E-state index contributed by atoms with van der Waals surface area (Å²) in [5, 5.41) is 7.87. The third-order valence-corrected chi connectivity index (χ3v) is 5.90. The predicted octanol–water partition coefficient (Wildman–Crippen LogP) is 1.70. The fourth-order valence-electron chi connectivity index (χ4n) is 3.29. The number of rotatable bonds is 6. The number of ether oxygens (including phenoxy) is 2. The maximum atomic E-state index is 12.5. The van der Waals surface area contributed by atoms with Gasteiger partial charge in [0.1, 0.15) is 11.5 Å². The molecule has 1 fully saturated rings. The molecule has 3 N–H and O–H groups in total. The lowest BCUT2D eigenvalue weighted by Crippen LogP contribution is -2.49. The number of piperazine rings is 1. The van der Waals surface area contributed by atoms with Gasteiger partial charge in [-0.3, -0.25) is 4.90 Å². The SMILES string of the molecule is COc1ccc(OC)c(CN2CCN(C(=O)Nc3ccc(S(N)(=O)=O)cc3)CC2)c1. The van der Waals surface area contributed by atoms with Crippen LogP contribution in [-0.2, 0) is 16.6 Å². The van der Waals surface area contributed by atoms with Crippen LogP contribution in [0.5, 0.6) is 11.5 Å². The molecule has 0 saturated carbocycles. The molecule has 2 amide bonds. The van der Waals surface area contributed by atoms with Crippen LogP contribution < -0.4 is 19.9 Å². The highest BCUT2D eigenvalue weighted by Gasteiger charge is 2.22. The van der Waals surface area contributed by atoms with Crippen LogP contribution in [0.1, 0.15) is 5.56 Å². The molecule has 3 rings (SSSR count). The molecule has 30 heavy (non-hydrogen) atoms. The van der Waals surface area contributed by atoms with E-state index in [0.717, 1.165) is 30.2 Å². The molecule has 0 unspecified atom stereocenters. The molecule has 2 aromatic carbocycles. The molecule has 0 radical (unpaired) electrons. The molecule has 0 bridgehead atoms. The van der Waals surface area contributed by atoms with Crippen molar-refractivity contribution >= 4 is 21.7 Å². The number of nitrogens with zero attached hydrogens (tertiary/aromatic N) is 2. The van der Waals surface area contributed by atoms with Gasteiger partial charge in [0.15, 0.2) is 0 Å². The number of benzene rings is 2. The van der Waals surface area contributed by atoms with Gasteiger partial charge >= 0.3 is 6.03 Å². The number of carbonyl (C=O) groups excluding carboxylic acids is 1. The van der Waals surface area contributed by atoms with Crippen molar-refractivity contribution in [3.8, 4) is 11.5 Å². The number of sulfonamides is 1. The number of carbonyl (C=O) groups is 1. The van der Waals surface area contributed by atoms with Crippen LogP contribution in [0.3, 0.4) is 0 Å². The van der Waals surface area contributed by atoms with Gasteiger partial charge in [0, 0.05) is 44.0 Å². The number of nitrogens with one attached hydrogen (secondary N) is 1. The first kappa shape index (κ1) is 21.9. The van der Waals surface area contributed by atoms with E-state index in [1.54, 1.807) is 19.1 Å². The third kappa shape index (κ3) is 5.41. The molecule has 10 heteroatoms. The molecule has 1 aliphatic rings.